The quantitative estimate of drug-likeness (QED) is 0.256. The summed E-state index contributed by atoms with van der Waals surface area (Å²) in [6.07, 6.45) is 3.36. The number of phenolic OH excluding ortho intramolecular Hbond substituents is 1. The van der Waals surface area contributed by atoms with Crippen molar-refractivity contribution < 1.29 is 28.3 Å². The molecule has 4 heterocycles. The van der Waals surface area contributed by atoms with E-state index in [1.807, 2.05) is 12.1 Å². The molecule has 4 aliphatic heterocycles. The minimum atomic E-state index is -2.96. The second-order valence-corrected chi connectivity index (χ2v) is 16.6. The predicted molar refractivity (Wildman–Crippen MR) is 204 cm³/mol. The van der Waals surface area contributed by atoms with Gasteiger partial charge in [-0.25, -0.2) is 8.78 Å². The van der Waals surface area contributed by atoms with E-state index in [4.69, 9.17) is 0 Å². The standard InChI is InChI=1S/C43H51F2N5O4/c1-27(2)21-30-24-43(44,45)37-23-34(51)8-10-36(37)40(30)29-3-5-32(6-4-29)48-15-13-28(14-16-48)25-47-17-19-49(20-18-47)33-7-9-35-31(22-33)26-50(42(35)54)38-11-12-39(52)46-41(38)53/h3-10,22-23,27-28,30,38,40,51H,11-21,24-26H2,1-2H3,(H,46,52,53)/t30-,38-,40-/m0/s1. The summed E-state index contributed by atoms with van der Waals surface area (Å²) in [5.74, 6) is -3.27. The van der Waals surface area contributed by atoms with Crippen molar-refractivity contribution in [2.75, 3.05) is 55.6 Å². The lowest BCUT2D eigenvalue weighted by molar-refractivity contribution is -0.136. The molecule has 0 spiro atoms. The van der Waals surface area contributed by atoms with Crippen molar-refractivity contribution in [3.63, 3.8) is 0 Å². The van der Waals surface area contributed by atoms with Gasteiger partial charge in [-0.05, 0) is 103 Å². The van der Waals surface area contributed by atoms with Crippen LogP contribution >= 0.6 is 0 Å². The second kappa shape index (κ2) is 14.6. The van der Waals surface area contributed by atoms with Crippen molar-refractivity contribution in [3.8, 4) is 5.75 Å². The summed E-state index contributed by atoms with van der Waals surface area (Å²) in [6.45, 7) is 11.4. The zero-order valence-electron chi connectivity index (χ0n) is 31.3. The van der Waals surface area contributed by atoms with Crippen LogP contribution in [0.3, 0.4) is 0 Å². The zero-order valence-corrected chi connectivity index (χ0v) is 31.3. The molecule has 0 aromatic heterocycles. The maximum absolute atomic E-state index is 15.3. The molecule has 3 saturated heterocycles. The molecule has 54 heavy (non-hydrogen) atoms. The third-order valence-electron chi connectivity index (χ3n) is 12.5. The Kier molecular flexibility index (Phi) is 9.87. The van der Waals surface area contributed by atoms with Crippen LogP contribution in [0.1, 0.15) is 90.9 Å². The highest BCUT2D eigenvalue weighted by molar-refractivity contribution is 6.05. The number of fused-ring (bicyclic) bond motifs is 2. The molecule has 0 bridgehead atoms. The molecule has 0 unspecified atom stereocenters. The molecule has 286 valence electrons. The number of phenols is 1. The third kappa shape index (κ3) is 7.19. The van der Waals surface area contributed by atoms with E-state index in [-0.39, 0.29) is 53.7 Å². The number of piperidine rings is 2. The van der Waals surface area contributed by atoms with Crippen LogP contribution in [0.15, 0.2) is 60.7 Å². The number of carbonyl (C=O) groups excluding carboxylic acids is 3. The molecule has 0 saturated carbocycles. The molecule has 0 radical (unpaired) electrons. The van der Waals surface area contributed by atoms with Crippen LogP contribution in [0.25, 0.3) is 0 Å². The van der Waals surface area contributed by atoms with Crippen molar-refractivity contribution in [2.24, 2.45) is 17.8 Å². The van der Waals surface area contributed by atoms with Gasteiger partial charge in [0.1, 0.15) is 11.8 Å². The Bertz CT molecular complexity index is 1900. The fourth-order valence-electron chi connectivity index (χ4n) is 9.80. The molecule has 3 amide bonds. The number of hydrogen-bond donors (Lipinski definition) is 2. The van der Waals surface area contributed by atoms with E-state index in [9.17, 15) is 19.5 Å². The Morgan fingerprint density at radius 3 is 2.26 bits per heavy atom. The van der Waals surface area contributed by atoms with Crippen LogP contribution in [0, 0.1) is 17.8 Å². The van der Waals surface area contributed by atoms with Gasteiger partial charge >= 0.3 is 0 Å². The third-order valence-corrected chi connectivity index (χ3v) is 12.5. The first-order chi connectivity index (χ1) is 25.9. The molecular formula is C43H51F2N5O4. The molecule has 8 rings (SSSR count). The number of alkyl halides is 2. The summed E-state index contributed by atoms with van der Waals surface area (Å²) in [6, 6.07) is 18.5. The van der Waals surface area contributed by atoms with Crippen LogP contribution in [-0.2, 0) is 22.1 Å². The molecule has 9 nitrogen and oxygen atoms in total. The van der Waals surface area contributed by atoms with Crippen LogP contribution in [0.2, 0.25) is 0 Å². The number of nitrogens with zero attached hydrogens (tertiary/aromatic N) is 4. The Hall–Kier alpha value is -4.51. The average Bonchev–Trinajstić information content (AvgIpc) is 3.47. The first kappa shape index (κ1) is 36.5. The summed E-state index contributed by atoms with van der Waals surface area (Å²) in [5, 5.41) is 12.4. The molecule has 2 N–H and O–H groups in total. The van der Waals surface area contributed by atoms with Gasteiger partial charge in [-0.15, -0.1) is 0 Å². The van der Waals surface area contributed by atoms with Gasteiger partial charge in [0, 0.05) is 93.6 Å². The SMILES string of the molecule is CC(C)C[C@H]1CC(F)(F)c2cc(O)ccc2[C@H]1c1ccc(N2CCC(CN3CCN(c4ccc5c(c4)CN([C@H]4CCC(=O)NC4=O)C5=O)CC3)CC2)cc1. The number of hydrogen-bond acceptors (Lipinski definition) is 7. The minimum Gasteiger partial charge on any atom is -0.508 e. The fraction of sp³-hybridized carbons (Fsp3) is 0.512. The largest absolute Gasteiger partial charge is 0.508 e. The normalized spacial score (nSPS) is 24.9. The van der Waals surface area contributed by atoms with Gasteiger partial charge in [0.15, 0.2) is 0 Å². The summed E-state index contributed by atoms with van der Waals surface area (Å²) in [5.41, 5.74) is 5.51. The number of halogens is 2. The van der Waals surface area contributed by atoms with E-state index >= 15 is 8.78 Å². The lowest BCUT2D eigenvalue weighted by Gasteiger charge is -2.40. The van der Waals surface area contributed by atoms with Crippen molar-refractivity contribution in [2.45, 2.75) is 76.8 Å². The Morgan fingerprint density at radius 1 is 0.852 bits per heavy atom. The number of anilines is 2. The van der Waals surface area contributed by atoms with Crippen LogP contribution in [0.5, 0.6) is 5.75 Å². The highest BCUT2D eigenvalue weighted by Gasteiger charge is 2.46. The Balaban J connectivity index is 0.838. The maximum Gasteiger partial charge on any atom is 0.273 e. The molecule has 5 aliphatic rings. The van der Waals surface area contributed by atoms with Crippen molar-refractivity contribution >= 4 is 29.1 Å². The number of nitrogens with one attached hydrogen (secondary N) is 1. The molecule has 11 heteroatoms. The van der Waals surface area contributed by atoms with Crippen LogP contribution < -0.4 is 15.1 Å². The first-order valence-electron chi connectivity index (χ1n) is 19.7. The summed E-state index contributed by atoms with van der Waals surface area (Å²) in [7, 11) is 0. The molecule has 1 aliphatic carbocycles. The van der Waals surface area contributed by atoms with E-state index in [1.54, 1.807) is 11.0 Å². The van der Waals surface area contributed by atoms with Gasteiger partial charge in [0.05, 0.1) is 0 Å². The number of rotatable bonds is 8. The summed E-state index contributed by atoms with van der Waals surface area (Å²) < 4.78 is 30.6. The maximum atomic E-state index is 15.3. The predicted octanol–water partition coefficient (Wildman–Crippen LogP) is 6.48. The van der Waals surface area contributed by atoms with Crippen LogP contribution in [-0.4, -0.2) is 84.5 Å². The fourth-order valence-corrected chi connectivity index (χ4v) is 9.80. The zero-order chi connectivity index (χ0) is 37.7. The van der Waals surface area contributed by atoms with Crippen molar-refractivity contribution in [1.29, 1.82) is 0 Å². The Morgan fingerprint density at radius 2 is 1.56 bits per heavy atom. The van der Waals surface area contributed by atoms with Crippen molar-refractivity contribution in [1.82, 2.24) is 15.1 Å². The number of imide groups is 1. The number of amides is 3. The van der Waals surface area contributed by atoms with Crippen molar-refractivity contribution in [3.05, 3.63) is 88.5 Å². The van der Waals surface area contributed by atoms with E-state index in [0.29, 0.717) is 42.3 Å². The highest BCUT2D eigenvalue weighted by atomic mass is 19.3. The lowest BCUT2D eigenvalue weighted by atomic mass is 9.68. The van der Waals surface area contributed by atoms with Gasteiger partial charge in [-0.3, -0.25) is 24.6 Å². The lowest BCUT2D eigenvalue weighted by Crippen LogP contribution is -2.52. The monoisotopic (exact) mass is 739 g/mol. The van der Waals surface area contributed by atoms with E-state index in [0.717, 1.165) is 75.5 Å². The number of benzene rings is 3. The smallest absolute Gasteiger partial charge is 0.273 e. The molecule has 3 aromatic carbocycles. The van der Waals surface area contributed by atoms with Gasteiger partial charge in [0.25, 0.3) is 11.8 Å². The topological polar surface area (TPSA) is 96.4 Å². The van der Waals surface area contributed by atoms with E-state index in [2.05, 4.69) is 64.2 Å². The van der Waals surface area contributed by atoms with Gasteiger partial charge in [-0.1, -0.05) is 32.0 Å². The number of aromatic hydroxyl groups is 1. The summed E-state index contributed by atoms with van der Waals surface area (Å²) >= 11 is 0. The van der Waals surface area contributed by atoms with Gasteiger partial charge in [0.2, 0.25) is 11.8 Å². The summed E-state index contributed by atoms with van der Waals surface area (Å²) in [4.78, 5) is 46.2. The van der Waals surface area contributed by atoms with E-state index < -0.39 is 12.0 Å². The average molecular weight is 740 g/mol. The first-order valence-corrected chi connectivity index (χ1v) is 19.7. The number of carbonyl (C=O) groups is 3. The second-order valence-electron chi connectivity index (χ2n) is 16.6. The minimum absolute atomic E-state index is 0.0407. The van der Waals surface area contributed by atoms with Crippen LogP contribution in [0.4, 0.5) is 20.2 Å². The molecule has 3 aromatic rings. The van der Waals surface area contributed by atoms with E-state index in [1.165, 1.54) is 17.8 Å². The highest BCUT2D eigenvalue weighted by Crippen LogP contribution is 2.53. The van der Waals surface area contributed by atoms with Gasteiger partial charge < -0.3 is 19.8 Å². The molecule has 3 fully saturated rings. The molecular weight excluding hydrogens is 689 g/mol. The van der Waals surface area contributed by atoms with Gasteiger partial charge in [-0.2, -0.15) is 0 Å². The Labute approximate surface area is 316 Å². The number of piperazine rings is 1. The molecule has 3 atom stereocenters.